The Bertz CT molecular complexity index is 1540. The van der Waals surface area contributed by atoms with Gasteiger partial charge >= 0.3 is 0 Å². The summed E-state index contributed by atoms with van der Waals surface area (Å²) < 4.78 is 23.0. The molecule has 0 radical (unpaired) electrons. The highest BCUT2D eigenvalue weighted by Gasteiger charge is 2.53. The molecule has 1 unspecified atom stereocenters. The summed E-state index contributed by atoms with van der Waals surface area (Å²) >= 11 is 16.0. The van der Waals surface area contributed by atoms with Crippen LogP contribution in [0.4, 0.5) is 11.6 Å². The van der Waals surface area contributed by atoms with Crippen molar-refractivity contribution in [3.63, 3.8) is 0 Å². The van der Waals surface area contributed by atoms with Gasteiger partial charge in [0, 0.05) is 26.5 Å². The first-order valence-corrected chi connectivity index (χ1v) is 14.5. The molecule has 0 fully saturated rings. The molecule has 0 bridgehead atoms. The number of nitrogens with zero attached hydrogens (tertiary/aromatic N) is 3. The third kappa shape index (κ3) is 3.72. The van der Waals surface area contributed by atoms with Crippen LogP contribution >= 0.6 is 46.5 Å². The average Bonchev–Trinajstić information content (AvgIpc) is 3.47. The van der Waals surface area contributed by atoms with E-state index in [4.69, 9.17) is 27.7 Å². The van der Waals surface area contributed by atoms with Crippen LogP contribution in [0.1, 0.15) is 18.1 Å². The number of aromatic nitrogens is 2. The molecular formula is C26H19BrCl2N3O3P. The van der Waals surface area contributed by atoms with Gasteiger partial charge < -0.3 is 4.52 Å². The SMILES string of the molecule is C[C@@]1(Cc2ccc(Br)cc2)C(=O)N(c2cc(Cl)cc(Cl)c2)c2ncc(P3(=O)Cc4ccccc4O3)n21. The molecule has 2 aliphatic rings. The number of para-hydroxylation sites is 1. The first-order valence-electron chi connectivity index (χ1n) is 11.2. The van der Waals surface area contributed by atoms with E-state index in [2.05, 4.69) is 20.9 Å². The van der Waals surface area contributed by atoms with Gasteiger partial charge in [0.05, 0.1) is 18.0 Å². The monoisotopic (exact) mass is 601 g/mol. The van der Waals surface area contributed by atoms with Crippen LogP contribution in [0, 0.1) is 0 Å². The Labute approximate surface area is 226 Å². The zero-order valence-electron chi connectivity index (χ0n) is 19.0. The molecule has 2 aliphatic heterocycles. The minimum absolute atomic E-state index is 0.226. The number of carbonyl (C=O) groups is 1. The van der Waals surface area contributed by atoms with Crippen molar-refractivity contribution in [1.82, 2.24) is 9.55 Å². The first kappa shape index (κ1) is 23.8. The Morgan fingerprint density at radius 2 is 1.78 bits per heavy atom. The maximum atomic E-state index is 14.3. The number of rotatable bonds is 4. The fourth-order valence-corrected chi connectivity index (χ4v) is 8.11. The van der Waals surface area contributed by atoms with Crippen LogP contribution in [-0.2, 0) is 27.5 Å². The number of hydrogen-bond acceptors (Lipinski definition) is 4. The van der Waals surface area contributed by atoms with E-state index in [1.54, 1.807) is 29.0 Å². The van der Waals surface area contributed by atoms with E-state index in [1.807, 2.05) is 55.5 Å². The van der Waals surface area contributed by atoms with E-state index in [1.165, 1.54) is 4.90 Å². The minimum Gasteiger partial charge on any atom is -0.438 e. The summed E-state index contributed by atoms with van der Waals surface area (Å²) in [5.74, 6) is 0.716. The molecule has 0 spiro atoms. The van der Waals surface area contributed by atoms with E-state index >= 15 is 0 Å². The summed E-state index contributed by atoms with van der Waals surface area (Å²) in [6, 6.07) is 20.2. The molecule has 6 rings (SSSR count). The van der Waals surface area contributed by atoms with Gasteiger partial charge in [-0.2, -0.15) is 0 Å². The van der Waals surface area contributed by atoms with Crippen molar-refractivity contribution >= 4 is 69.5 Å². The highest BCUT2D eigenvalue weighted by Crippen LogP contribution is 2.58. The van der Waals surface area contributed by atoms with Gasteiger partial charge in [0.2, 0.25) is 5.95 Å². The van der Waals surface area contributed by atoms with Crippen LogP contribution < -0.4 is 14.9 Å². The van der Waals surface area contributed by atoms with Gasteiger partial charge in [0.25, 0.3) is 13.3 Å². The quantitative estimate of drug-likeness (QED) is 0.234. The zero-order chi connectivity index (χ0) is 25.2. The summed E-state index contributed by atoms with van der Waals surface area (Å²) in [6.07, 6.45) is 2.15. The average molecular weight is 603 g/mol. The van der Waals surface area contributed by atoms with E-state index in [0.717, 1.165) is 15.6 Å². The maximum Gasteiger partial charge on any atom is 0.299 e. The molecule has 36 heavy (non-hydrogen) atoms. The lowest BCUT2D eigenvalue weighted by Crippen LogP contribution is -2.44. The Hall–Kier alpha value is -2.57. The van der Waals surface area contributed by atoms with Crippen LogP contribution in [0.15, 0.2) is 77.4 Å². The standard InChI is InChI=1S/C26H19BrCl2N3O3P/c1-26(13-16-6-8-18(27)9-7-16)24(33)31(21-11-19(28)10-20(29)12-21)25-30-14-23(32(25)26)36(34)15-17-4-2-3-5-22(17)35-36/h2-12,14H,13,15H2,1H3/t26-,36?/m1/s1. The van der Waals surface area contributed by atoms with E-state index in [0.29, 0.717) is 39.3 Å². The van der Waals surface area contributed by atoms with Crippen LogP contribution in [0.25, 0.3) is 0 Å². The molecule has 0 saturated carbocycles. The molecule has 6 nitrogen and oxygen atoms in total. The number of carbonyl (C=O) groups excluding carboxylic acids is 1. The smallest absolute Gasteiger partial charge is 0.299 e. The highest BCUT2D eigenvalue weighted by molar-refractivity contribution is 9.10. The van der Waals surface area contributed by atoms with Crippen molar-refractivity contribution in [2.24, 2.45) is 0 Å². The number of anilines is 2. The van der Waals surface area contributed by atoms with Gasteiger partial charge in [0.1, 0.15) is 16.7 Å². The molecule has 4 aromatic rings. The molecule has 182 valence electrons. The van der Waals surface area contributed by atoms with Gasteiger partial charge in [-0.05, 0) is 48.9 Å². The molecule has 1 aromatic heterocycles. The summed E-state index contributed by atoms with van der Waals surface area (Å²) in [7, 11) is -3.39. The van der Waals surface area contributed by atoms with Crippen molar-refractivity contribution in [2.75, 3.05) is 4.90 Å². The number of halogens is 3. The minimum atomic E-state index is -3.39. The van der Waals surface area contributed by atoms with Crippen molar-refractivity contribution in [1.29, 1.82) is 0 Å². The van der Waals surface area contributed by atoms with Gasteiger partial charge in [-0.25, -0.2) is 9.88 Å². The predicted molar refractivity (Wildman–Crippen MR) is 145 cm³/mol. The van der Waals surface area contributed by atoms with Crippen LogP contribution in [0.3, 0.4) is 0 Å². The van der Waals surface area contributed by atoms with Crippen molar-refractivity contribution in [2.45, 2.75) is 25.0 Å². The Morgan fingerprint density at radius 3 is 2.47 bits per heavy atom. The van der Waals surface area contributed by atoms with Crippen molar-refractivity contribution in [3.05, 3.63) is 98.6 Å². The Balaban J connectivity index is 1.53. The zero-order valence-corrected chi connectivity index (χ0v) is 23.0. The number of amides is 1. The molecular weight excluding hydrogens is 584 g/mol. The number of imidazole rings is 1. The molecule has 0 saturated heterocycles. The lowest BCUT2D eigenvalue weighted by atomic mass is 9.92. The summed E-state index contributed by atoms with van der Waals surface area (Å²) in [5.41, 5.74) is 1.58. The highest BCUT2D eigenvalue weighted by atomic mass is 79.9. The second-order valence-corrected chi connectivity index (χ2v) is 13.2. The molecule has 3 aromatic carbocycles. The van der Waals surface area contributed by atoms with Gasteiger partial charge in [-0.1, -0.05) is 69.5 Å². The van der Waals surface area contributed by atoms with E-state index in [-0.39, 0.29) is 12.1 Å². The lowest BCUT2D eigenvalue weighted by molar-refractivity contribution is -0.123. The van der Waals surface area contributed by atoms with Crippen LogP contribution in [0.2, 0.25) is 10.0 Å². The molecule has 0 aliphatic carbocycles. The third-order valence-electron chi connectivity index (χ3n) is 6.60. The number of fused-ring (bicyclic) bond motifs is 2. The second-order valence-electron chi connectivity index (χ2n) is 9.13. The van der Waals surface area contributed by atoms with Gasteiger partial charge in [-0.3, -0.25) is 13.9 Å². The van der Waals surface area contributed by atoms with E-state index in [9.17, 15) is 9.36 Å². The molecule has 3 heterocycles. The fourth-order valence-electron chi connectivity index (χ4n) is 4.95. The van der Waals surface area contributed by atoms with Gasteiger partial charge in [-0.15, -0.1) is 0 Å². The lowest BCUT2D eigenvalue weighted by Gasteiger charge is -2.28. The van der Waals surface area contributed by atoms with Crippen LogP contribution in [0.5, 0.6) is 5.75 Å². The summed E-state index contributed by atoms with van der Waals surface area (Å²) in [6.45, 7) is 1.84. The first-order chi connectivity index (χ1) is 17.2. The number of hydrogen-bond donors (Lipinski definition) is 0. The van der Waals surface area contributed by atoms with Crippen LogP contribution in [-0.4, -0.2) is 15.5 Å². The third-order valence-corrected chi connectivity index (χ3v) is 9.82. The topological polar surface area (TPSA) is 64.4 Å². The fraction of sp³-hybridized carbons (Fsp3) is 0.154. The van der Waals surface area contributed by atoms with E-state index < -0.39 is 12.9 Å². The molecule has 1 amide bonds. The summed E-state index contributed by atoms with van der Waals surface area (Å²) in [5, 5.41) is 0.792. The Kier molecular flexibility index (Phi) is 5.61. The second kappa shape index (κ2) is 8.49. The maximum absolute atomic E-state index is 14.3. The molecule has 10 heteroatoms. The normalized spacial score (nSPS) is 22.4. The van der Waals surface area contributed by atoms with Crippen molar-refractivity contribution < 1.29 is 13.9 Å². The molecule has 0 N–H and O–H groups in total. The predicted octanol–water partition coefficient (Wildman–Crippen LogP) is 7.08. The largest absolute Gasteiger partial charge is 0.438 e. The number of benzene rings is 3. The molecule has 2 atom stereocenters. The van der Waals surface area contributed by atoms with Gasteiger partial charge in [0.15, 0.2) is 0 Å². The Morgan fingerprint density at radius 1 is 1.08 bits per heavy atom. The summed E-state index contributed by atoms with van der Waals surface area (Å²) in [4.78, 5) is 20.3. The van der Waals surface area contributed by atoms with Crippen molar-refractivity contribution in [3.8, 4) is 5.75 Å².